The maximum Gasteiger partial charge on any atom is 0.407 e. The van der Waals surface area contributed by atoms with Gasteiger partial charge in [-0.1, -0.05) is 54.6 Å². The SMILES string of the molecule is O=C(NC(CC1=CCCc2ccncc21)C(=O)O)OCC1c2ccccc2-c2ccccc21. The zero-order chi connectivity index (χ0) is 22.8. The van der Waals surface area contributed by atoms with Crippen LogP contribution < -0.4 is 5.32 Å². The Kier molecular flexibility index (Phi) is 5.65. The summed E-state index contributed by atoms with van der Waals surface area (Å²) in [5, 5.41) is 12.3. The fourth-order valence-electron chi connectivity index (χ4n) is 4.84. The van der Waals surface area contributed by atoms with E-state index in [-0.39, 0.29) is 18.9 Å². The van der Waals surface area contributed by atoms with E-state index in [0.717, 1.165) is 51.8 Å². The number of rotatable bonds is 6. The van der Waals surface area contributed by atoms with Crippen molar-refractivity contribution < 1.29 is 19.4 Å². The number of alkyl carbamates (subject to hydrolysis) is 1. The Balaban J connectivity index is 1.27. The molecule has 0 saturated carbocycles. The molecule has 0 fully saturated rings. The van der Waals surface area contributed by atoms with Gasteiger partial charge in [0.2, 0.25) is 0 Å². The van der Waals surface area contributed by atoms with Gasteiger partial charge in [0.05, 0.1) is 0 Å². The second kappa shape index (κ2) is 8.90. The molecule has 1 aromatic heterocycles. The van der Waals surface area contributed by atoms with Crippen LogP contribution in [0.5, 0.6) is 0 Å². The minimum Gasteiger partial charge on any atom is -0.480 e. The Labute approximate surface area is 191 Å². The van der Waals surface area contributed by atoms with Gasteiger partial charge in [-0.25, -0.2) is 9.59 Å². The first kappa shape index (κ1) is 20.9. The number of hydrogen-bond acceptors (Lipinski definition) is 4. The molecule has 2 N–H and O–H groups in total. The molecule has 3 aromatic rings. The summed E-state index contributed by atoms with van der Waals surface area (Å²) in [7, 11) is 0. The maximum absolute atomic E-state index is 12.6. The lowest BCUT2D eigenvalue weighted by atomic mass is 9.89. The van der Waals surface area contributed by atoms with Crippen LogP contribution in [0.2, 0.25) is 0 Å². The van der Waals surface area contributed by atoms with Gasteiger partial charge in [-0.05, 0) is 57.9 Å². The molecule has 33 heavy (non-hydrogen) atoms. The van der Waals surface area contributed by atoms with Crippen molar-refractivity contribution in [2.75, 3.05) is 6.61 Å². The van der Waals surface area contributed by atoms with Gasteiger partial charge in [0.25, 0.3) is 0 Å². The summed E-state index contributed by atoms with van der Waals surface area (Å²) in [6.07, 6.45) is 6.71. The Bertz CT molecular complexity index is 1200. The quantitative estimate of drug-likeness (QED) is 0.575. The lowest BCUT2D eigenvalue weighted by Crippen LogP contribution is -2.41. The summed E-state index contributed by atoms with van der Waals surface area (Å²) in [5.41, 5.74) is 7.48. The van der Waals surface area contributed by atoms with E-state index < -0.39 is 18.1 Å². The highest BCUT2D eigenvalue weighted by Crippen LogP contribution is 2.44. The highest BCUT2D eigenvalue weighted by molar-refractivity contribution is 5.84. The van der Waals surface area contributed by atoms with Crippen molar-refractivity contribution in [2.45, 2.75) is 31.2 Å². The molecular formula is C27H24N2O4. The number of nitrogens with one attached hydrogen (secondary N) is 1. The second-order valence-corrected chi connectivity index (χ2v) is 8.37. The molecule has 2 aliphatic rings. The molecule has 0 saturated heterocycles. The largest absolute Gasteiger partial charge is 0.480 e. The number of aryl methyl sites for hydroxylation is 1. The van der Waals surface area contributed by atoms with Crippen LogP contribution in [-0.4, -0.2) is 34.8 Å². The fraction of sp³-hybridized carbons (Fsp3) is 0.222. The van der Waals surface area contributed by atoms with Crippen LogP contribution in [-0.2, 0) is 16.0 Å². The van der Waals surface area contributed by atoms with Crippen molar-refractivity contribution in [1.82, 2.24) is 10.3 Å². The van der Waals surface area contributed by atoms with E-state index in [1.165, 1.54) is 0 Å². The summed E-state index contributed by atoms with van der Waals surface area (Å²) in [6, 6.07) is 17.0. The number of carbonyl (C=O) groups is 2. The standard InChI is InChI=1S/C27H24N2O4/c30-26(31)25(14-18-7-5-6-17-12-13-28-15-23(17)18)29-27(32)33-16-24-21-10-3-1-8-19(21)20-9-2-4-11-22(20)24/h1-4,7-13,15,24-25H,5-6,14,16H2,(H,29,32)(H,30,31). The molecule has 0 bridgehead atoms. The zero-order valence-corrected chi connectivity index (χ0v) is 18.0. The third-order valence-electron chi connectivity index (χ3n) is 6.42. The minimum atomic E-state index is -1.10. The summed E-state index contributed by atoms with van der Waals surface area (Å²) >= 11 is 0. The van der Waals surface area contributed by atoms with Gasteiger partial charge < -0.3 is 15.2 Å². The van der Waals surface area contributed by atoms with Gasteiger partial charge in [0.1, 0.15) is 12.6 Å². The van der Waals surface area contributed by atoms with Crippen molar-refractivity contribution in [3.8, 4) is 11.1 Å². The van der Waals surface area contributed by atoms with E-state index in [4.69, 9.17) is 4.74 Å². The van der Waals surface area contributed by atoms with Crippen LogP contribution in [0, 0.1) is 0 Å². The van der Waals surface area contributed by atoms with Crippen LogP contribution in [0.1, 0.15) is 41.0 Å². The number of allylic oxidation sites excluding steroid dienone is 1. The monoisotopic (exact) mass is 440 g/mol. The van der Waals surface area contributed by atoms with Gasteiger partial charge in [0.15, 0.2) is 0 Å². The molecular weight excluding hydrogens is 416 g/mol. The molecule has 2 aliphatic carbocycles. The molecule has 2 aromatic carbocycles. The number of carboxylic acids is 1. The third-order valence-corrected chi connectivity index (χ3v) is 6.42. The van der Waals surface area contributed by atoms with E-state index in [9.17, 15) is 14.7 Å². The number of fused-ring (bicyclic) bond motifs is 4. The molecule has 0 spiro atoms. The number of benzene rings is 2. The van der Waals surface area contributed by atoms with Gasteiger partial charge >= 0.3 is 12.1 Å². The van der Waals surface area contributed by atoms with E-state index in [0.29, 0.717) is 0 Å². The number of pyridine rings is 1. The number of carbonyl (C=O) groups excluding carboxylic acids is 1. The van der Waals surface area contributed by atoms with E-state index >= 15 is 0 Å². The third kappa shape index (κ3) is 4.12. The van der Waals surface area contributed by atoms with Crippen molar-refractivity contribution >= 4 is 17.6 Å². The molecule has 1 unspecified atom stereocenters. The van der Waals surface area contributed by atoms with Crippen LogP contribution in [0.15, 0.2) is 73.1 Å². The molecule has 1 heterocycles. The summed E-state index contributed by atoms with van der Waals surface area (Å²) < 4.78 is 5.53. The Morgan fingerprint density at radius 2 is 1.73 bits per heavy atom. The van der Waals surface area contributed by atoms with Crippen LogP contribution in [0.3, 0.4) is 0 Å². The predicted octanol–water partition coefficient (Wildman–Crippen LogP) is 4.79. The molecule has 5 rings (SSSR count). The van der Waals surface area contributed by atoms with Gasteiger partial charge in [-0.15, -0.1) is 0 Å². The highest BCUT2D eigenvalue weighted by Gasteiger charge is 2.30. The molecule has 6 heteroatoms. The van der Waals surface area contributed by atoms with Crippen LogP contribution in [0.25, 0.3) is 16.7 Å². The lowest BCUT2D eigenvalue weighted by Gasteiger charge is -2.21. The first-order valence-electron chi connectivity index (χ1n) is 11.1. The highest BCUT2D eigenvalue weighted by atomic mass is 16.5. The summed E-state index contributed by atoms with van der Waals surface area (Å²) in [6.45, 7) is 0.141. The summed E-state index contributed by atoms with van der Waals surface area (Å²) in [4.78, 5) is 28.7. The number of nitrogens with zero attached hydrogens (tertiary/aromatic N) is 1. The number of aliphatic carboxylic acids is 1. The average molecular weight is 440 g/mol. The number of aromatic nitrogens is 1. The molecule has 0 aliphatic heterocycles. The summed E-state index contributed by atoms with van der Waals surface area (Å²) in [5.74, 6) is -1.18. The fourth-order valence-corrected chi connectivity index (χ4v) is 4.84. The lowest BCUT2D eigenvalue weighted by molar-refractivity contribution is -0.139. The van der Waals surface area contributed by atoms with Crippen molar-refractivity contribution in [1.29, 1.82) is 0 Å². The Morgan fingerprint density at radius 3 is 2.42 bits per heavy atom. The molecule has 166 valence electrons. The normalized spacial score (nSPS) is 15.0. The smallest absolute Gasteiger partial charge is 0.407 e. The van der Waals surface area contributed by atoms with E-state index in [1.54, 1.807) is 12.4 Å². The van der Waals surface area contributed by atoms with Crippen molar-refractivity contribution in [3.05, 3.63) is 95.3 Å². The number of carboxylic acid groups (broad SMARTS) is 1. The maximum atomic E-state index is 12.6. The first-order valence-corrected chi connectivity index (χ1v) is 11.1. The van der Waals surface area contributed by atoms with Gasteiger partial charge in [-0.3, -0.25) is 4.98 Å². The van der Waals surface area contributed by atoms with E-state index in [2.05, 4.69) is 22.4 Å². The first-order chi connectivity index (χ1) is 16.1. The van der Waals surface area contributed by atoms with Crippen LogP contribution in [0.4, 0.5) is 4.79 Å². The Morgan fingerprint density at radius 1 is 1.03 bits per heavy atom. The molecule has 1 atom stereocenters. The Hall–Kier alpha value is -3.93. The van der Waals surface area contributed by atoms with Gasteiger partial charge in [0, 0.05) is 24.7 Å². The number of ether oxygens (including phenoxy) is 1. The minimum absolute atomic E-state index is 0.0783. The number of hydrogen-bond donors (Lipinski definition) is 2. The zero-order valence-electron chi connectivity index (χ0n) is 18.0. The topological polar surface area (TPSA) is 88.5 Å². The van der Waals surface area contributed by atoms with Crippen molar-refractivity contribution in [3.63, 3.8) is 0 Å². The molecule has 1 amide bonds. The van der Waals surface area contributed by atoms with Gasteiger partial charge in [-0.2, -0.15) is 0 Å². The number of amides is 1. The van der Waals surface area contributed by atoms with Crippen LogP contribution >= 0.6 is 0 Å². The second-order valence-electron chi connectivity index (χ2n) is 8.37. The van der Waals surface area contributed by atoms with E-state index in [1.807, 2.05) is 48.5 Å². The average Bonchev–Trinajstić information content (AvgIpc) is 3.16. The predicted molar refractivity (Wildman–Crippen MR) is 125 cm³/mol. The molecule has 0 radical (unpaired) electrons. The molecule has 6 nitrogen and oxygen atoms in total. The van der Waals surface area contributed by atoms with Crippen molar-refractivity contribution in [2.24, 2.45) is 0 Å².